The second-order valence-corrected chi connectivity index (χ2v) is 7.59. The molecule has 0 saturated heterocycles. The number of hydrogen-bond acceptors (Lipinski definition) is 6. The lowest BCUT2D eigenvalue weighted by molar-refractivity contribution is -0.123. The highest BCUT2D eigenvalue weighted by molar-refractivity contribution is 7.13. The van der Waals surface area contributed by atoms with Crippen LogP contribution in [0.5, 0.6) is 0 Å². The van der Waals surface area contributed by atoms with Crippen LogP contribution < -0.4 is 10.6 Å². The minimum absolute atomic E-state index is 0.178. The van der Waals surface area contributed by atoms with E-state index in [4.69, 9.17) is 4.74 Å². The molecular formula is C22H23N3O3S. The van der Waals surface area contributed by atoms with E-state index in [1.807, 2.05) is 62.4 Å². The van der Waals surface area contributed by atoms with Crippen LogP contribution in [-0.4, -0.2) is 23.0 Å². The van der Waals surface area contributed by atoms with E-state index in [0.29, 0.717) is 17.4 Å². The van der Waals surface area contributed by atoms with Crippen LogP contribution in [0.4, 0.5) is 10.8 Å². The average molecular weight is 410 g/mol. The maximum Gasteiger partial charge on any atom is 0.358 e. The Bertz CT molecular complexity index is 1000. The number of nitrogens with one attached hydrogen (secondary N) is 2. The summed E-state index contributed by atoms with van der Waals surface area (Å²) in [6.45, 7) is 6.01. The molecule has 6 nitrogen and oxygen atoms in total. The van der Waals surface area contributed by atoms with E-state index in [1.165, 1.54) is 11.3 Å². The Balaban J connectivity index is 1.54. The molecule has 0 spiro atoms. The molecule has 3 aromatic rings. The smallest absolute Gasteiger partial charge is 0.358 e. The molecule has 1 aromatic heterocycles. The number of hydrogen-bond donors (Lipinski definition) is 2. The highest BCUT2D eigenvalue weighted by Crippen LogP contribution is 2.19. The summed E-state index contributed by atoms with van der Waals surface area (Å²) in [7, 11) is 0. The van der Waals surface area contributed by atoms with E-state index in [1.54, 1.807) is 12.3 Å². The van der Waals surface area contributed by atoms with Crippen LogP contribution in [-0.2, 0) is 16.1 Å². The first-order chi connectivity index (χ1) is 13.9. The van der Waals surface area contributed by atoms with Crippen molar-refractivity contribution >= 4 is 34.0 Å². The fourth-order valence-corrected chi connectivity index (χ4v) is 3.28. The monoisotopic (exact) mass is 409 g/mol. The number of esters is 1. The van der Waals surface area contributed by atoms with E-state index < -0.39 is 12.1 Å². The Morgan fingerprint density at radius 1 is 1.14 bits per heavy atom. The van der Waals surface area contributed by atoms with Gasteiger partial charge in [0.15, 0.2) is 16.9 Å². The SMILES string of the molecule is Cc1ccc(C)c(NC(=O)C(C)OC(=O)c2csc(NCc3ccccc3)n2)c1. The third-order valence-electron chi connectivity index (χ3n) is 4.30. The second-order valence-electron chi connectivity index (χ2n) is 6.73. The molecule has 150 valence electrons. The van der Waals surface area contributed by atoms with E-state index in [9.17, 15) is 9.59 Å². The van der Waals surface area contributed by atoms with Gasteiger partial charge in [-0.3, -0.25) is 4.79 Å². The van der Waals surface area contributed by atoms with Crippen molar-refractivity contribution in [3.05, 3.63) is 76.3 Å². The largest absolute Gasteiger partial charge is 0.448 e. The Morgan fingerprint density at radius 2 is 1.90 bits per heavy atom. The van der Waals surface area contributed by atoms with E-state index >= 15 is 0 Å². The van der Waals surface area contributed by atoms with E-state index in [2.05, 4.69) is 15.6 Å². The molecule has 0 aliphatic carbocycles. The summed E-state index contributed by atoms with van der Waals surface area (Å²) >= 11 is 1.32. The summed E-state index contributed by atoms with van der Waals surface area (Å²) in [5.74, 6) is -1.01. The van der Waals surface area contributed by atoms with Crippen molar-refractivity contribution in [2.45, 2.75) is 33.4 Å². The third kappa shape index (κ3) is 5.65. The van der Waals surface area contributed by atoms with Gasteiger partial charge in [-0.1, -0.05) is 42.5 Å². The molecule has 2 N–H and O–H groups in total. The number of benzene rings is 2. The summed E-state index contributed by atoms with van der Waals surface area (Å²) in [4.78, 5) is 29.0. The third-order valence-corrected chi connectivity index (χ3v) is 5.10. The maximum atomic E-state index is 12.4. The molecule has 0 aliphatic heterocycles. The van der Waals surface area contributed by atoms with Gasteiger partial charge in [0.2, 0.25) is 0 Å². The Morgan fingerprint density at radius 3 is 2.66 bits per heavy atom. The molecule has 1 amide bonds. The van der Waals surface area contributed by atoms with Crippen molar-refractivity contribution in [2.75, 3.05) is 10.6 Å². The summed E-state index contributed by atoms with van der Waals surface area (Å²) < 4.78 is 5.28. The summed E-state index contributed by atoms with van der Waals surface area (Å²) in [5.41, 5.74) is 3.98. The van der Waals surface area contributed by atoms with Gasteiger partial charge in [0.1, 0.15) is 0 Å². The van der Waals surface area contributed by atoms with Crippen molar-refractivity contribution in [3.8, 4) is 0 Å². The fourth-order valence-electron chi connectivity index (χ4n) is 2.60. The van der Waals surface area contributed by atoms with Gasteiger partial charge in [0.25, 0.3) is 5.91 Å². The van der Waals surface area contributed by atoms with Crippen LogP contribution in [0.1, 0.15) is 34.1 Å². The molecule has 7 heteroatoms. The van der Waals surface area contributed by atoms with Crippen molar-refractivity contribution in [2.24, 2.45) is 0 Å². The number of thiazole rings is 1. The molecular weight excluding hydrogens is 386 g/mol. The number of amides is 1. The Labute approximate surface area is 173 Å². The van der Waals surface area contributed by atoms with E-state index in [-0.39, 0.29) is 11.6 Å². The van der Waals surface area contributed by atoms with Crippen LogP contribution in [0, 0.1) is 13.8 Å². The van der Waals surface area contributed by atoms with Gasteiger partial charge < -0.3 is 15.4 Å². The highest BCUT2D eigenvalue weighted by Gasteiger charge is 2.21. The van der Waals surface area contributed by atoms with Crippen molar-refractivity contribution in [1.29, 1.82) is 0 Å². The predicted octanol–water partition coefficient (Wildman–Crippen LogP) is 4.56. The van der Waals surface area contributed by atoms with Crippen LogP contribution >= 0.6 is 11.3 Å². The van der Waals surface area contributed by atoms with Gasteiger partial charge in [-0.25, -0.2) is 9.78 Å². The van der Waals surface area contributed by atoms with Gasteiger partial charge in [-0.15, -0.1) is 11.3 Å². The number of nitrogens with zero attached hydrogens (tertiary/aromatic N) is 1. The Hall–Kier alpha value is -3.19. The average Bonchev–Trinajstić information content (AvgIpc) is 3.19. The van der Waals surface area contributed by atoms with Gasteiger partial charge in [-0.05, 0) is 43.5 Å². The minimum Gasteiger partial charge on any atom is -0.448 e. The number of ether oxygens (including phenoxy) is 1. The summed E-state index contributed by atoms with van der Waals surface area (Å²) in [5, 5.41) is 8.22. The fraction of sp³-hybridized carbons (Fsp3) is 0.227. The molecule has 1 atom stereocenters. The molecule has 0 radical (unpaired) electrons. The number of aromatic nitrogens is 1. The summed E-state index contributed by atoms with van der Waals surface area (Å²) in [6, 6.07) is 15.7. The molecule has 1 unspecified atom stereocenters. The molecule has 29 heavy (non-hydrogen) atoms. The summed E-state index contributed by atoms with van der Waals surface area (Å²) in [6.07, 6.45) is -0.940. The molecule has 2 aromatic carbocycles. The van der Waals surface area contributed by atoms with Crippen LogP contribution in [0.25, 0.3) is 0 Å². The molecule has 0 bridgehead atoms. The van der Waals surface area contributed by atoms with Gasteiger partial charge in [0.05, 0.1) is 0 Å². The number of anilines is 2. The lowest BCUT2D eigenvalue weighted by atomic mass is 10.1. The maximum absolute atomic E-state index is 12.4. The minimum atomic E-state index is -0.940. The van der Waals surface area contributed by atoms with Gasteiger partial charge >= 0.3 is 5.97 Å². The van der Waals surface area contributed by atoms with Gasteiger partial charge in [0, 0.05) is 17.6 Å². The number of carbonyl (C=O) groups excluding carboxylic acids is 2. The first kappa shape index (κ1) is 20.5. The molecule has 0 aliphatic rings. The number of rotatable bonds is 7. The zero-order valence-corrected chi connectivity index (χ0v) is 17.4. The highest BCUT2D eigenvalue weighted by atomic mass is 32.1. The lowest BCUT2D eigenvalue weighted by Gasteiger charge is -2.14. The zero-order chi connectivity index (χ0) is 20.8. The van der Waals surface area contributed by atoms with Crippen molar-refractivity contribution in [1.82, 2.24) is 4.98 Å². The van der Waals surface area contributed by atoms with Crippen LogP contribution in [0.2, 0.25) is 0 Å². The topological polar surface area (TPSA) is 80.3 Å². The van der Waals surface area contributed by atoms with Crippen LogP contribution in [0.15, 0.2) is 53.9 Å². The van der Waals surface area contributed by atoms with Crippen molar-refractivity contribution in [3.63, 3.8) is 0 Å². The van der Waals surface area contributed by atoms with E-state index in [0.717, 1.165) is 16.7 Å². The zero-order valence-electron chi connectivity index (χ0n) is 16.6. The van der Waals surface area contributed by atoms with Crippen molar-refractivity contribution < 1.29 is 14.3 Å². The predicted molar refractivity (Wildman–Crippen MR) is 115 cm³/mol. The molecule has 0 saturated carbocycles. The number of carbonyl (C=O) groups is 2. The second kappa shape index (κ2) is 9.34. The van der Waals surface area contributed by atoms with Crippen LogP contribution in [0.3, 0.4) is 0 Å². The molecule has 3 rings (SSSR count). The normalized spacial score (nSPS) is 11.6. The van der Waals surface area contributed by atoms with Gasteiger partial charge in [-0.2, -0.15) is 0 Å². The Kier molecular flexibility index (Phi) is 6.61. The molecule has 1 heterocycles. The first-order valence-electron chi connectivity index (χ1n) is 9.25. The molecule has 0 fully saturated rings. The lowest BCUT2D eigenvalue weighted by Crippen LogP contribution is -2.30. The quantitative estimate of drug-likeness (QED) is 0.559. The standard InChI is InChI=1S/C22H23N3O3S/c1-14-9-10-15(2)18(11-14)24-20(26)16(3)28-21(27)19-13-29-22(25-19)23-12-17-7-5-4-6-8-17/h4-11,13,16H,12H2,1-3H3,(H,23,25)(H,24,26). The number of aryl methyl sites for hydroxylation is 2. The first-order valence-corrected chi connectivity index (χ1v) is 10.1.